The molecular formula is C23H23N5O3. The summed E-state index contributed by atoms with van der Waals surface area (Å²) in [5.41, 5.74) is 2.70. The zero-order chi connectivity index (χ0) is 21.0. The van der Waals surface area contributed by atoms with E-state index in [0.29, 0.717) is 13.1 Å². The van der Waals surface area contributed by atoms with Gasteiger partial charge in [0.25, 0.3) is 0 Å². The van der Waals surface area contributed by atoms with Gasteiger partial charge >= 0.3 is 0 Å². The number of amides is 1. The van der Waals surface area contributed by atoms with Crippen molar-refractivity contribution in [2.24, 2.45) is 5.92 Å². The summed E-state index contributed by atoms with van der Waals surface area (Å²) in [6.45, 7) is 2.21. The van der Waals surface area contributed by atoms with E-state index in [4.69, 9.17) is 9.47 Å². The number of aromatic nitrogens is 3. The number of carbonyl (C=O) groups is 1. The number of ether oxygens (including phenoxy) is 2. The molecule has 5 rings (SSSR count). The molecule has 4 heterocycles. The van der Waals surface area contributed by atoms with Crippen molar-refractivity contribution in [3.05, 3.63) is 60.4 Å². The average molecular weight is 417 g/mol. The molecule has 8 heteroatoms. The fraction of sp³-hybridized carbons (Fsp3) is 0.304. The van der Waals surface area contributed by atoms with Gasteiger partial charge in [0.1, 0.15) is 0 Å². The molecule has 1 N–H and O–H groups in total. The molecule has 1 atom stereocenters. The van der Waals surface area contributed by atoms with Crippen LogP contribution in [0.15, 0.2) is 54.9 Å². The standard InChI is InChI=1S/C23H23N5O3/c29-23(25-12-16-5-7-20-21(11-16)31-15-30-20)18-4-2-10-28(14-18)22-8-6-19(26-27-22)17-3-1-9-24-13-17/h1,3,5-9,11,13,18H,2,4,10,12,14-15H2,(H,25,29). The number of carbonyl (C=O) groups excluding carboxylic acids is 1. The predicted molar refractivity (Wildman–Crippen MR) is 115 cm³/mol. The second-order valence-electron chi connectivity index (χ2n) is 7.71. The monoisotopic (exact) mass is 417 g/mol. The highest BCUT2D eigenvalue weighted by molar-refractivity contribution is 5.79. The summed E-state index contributed by atoms with van der Waals surface area (Å²) in [6.07, 6.45) is 5.31. The van der Waals surface area contributed by atoms with Crippen LogP contribution in [0.3, 0.4) is 0 Å². The lowest BCUT2D eigenvalue weighted by Gasteiger charge is -2.32. The SMILES string of the molecule is O=C(NCc1ccc2c(c1)OCO2)C1CCCN(c2ccc(-c3cccnc3)nn2)C1. The molecule has 2 aromatic heterocycles. The molecule has 2 aliphatic heterocycles. The van der Waals surface area contributed by atoms with E-state index in [2.05, 4.69) is 25.4 Å². The fourth-order valence-electron chi connectivity index (χ4n) is 3.95. The summed E-state index contributed by atoms with van der Waals surface area (Å²) < 4.78 is 10.7. The Morgan fingerprint density at radius 3 is 2.90 bits per heavy atom. The van der Waals surface area contributed by atoms with Crippen molar-refractivity contribution >= 4 is 11.7 Å². The summed E-state index contributed by atoms with van der Waals surface area (Å²) in [4.78, 5) is 19.0. The van der Waals surface area contributed by atoms with Crippen LogP contribution in [0.5, 0.6) is 11.5 Å². The van der Waals surface area contributed by atoms with Gasteiger partial charge in [-0.15, -0.1) is 10.2 Å². The second kappa shape index (κ2) is 8.59. The molecule has 158 valence electrons. The Balaban J connectivity index is 1.19. The van der Waals surface area contributed by atoms with Gasteiger partial charge in [0.2, 0.25) is 12.7 Å². The van der Waals surface area contributed by atoms with E-state index in [-0.39, 0.29) is 18.6 Å². The zero-order valence-corrected chi connectivity index (χ0v) is 17.0. The van der Waals surface area contributed by atoms with Crippen molar-refractivity contribution in [2.45, 2.75) is 19.4 Å². The van der Waals surface area contributed by atoms with Crippen LogP contribution >= 0.6 is 0 Å². The maximum Gasteiger partial charge on any atom is 0.231 e. The summed E-state index contributed by atoms with van der Waals surface area (Å²) in [5, 5.41) is 11.8. The van der Waals surface area contributed by atoms with E-state index < -0.39 is 0 Å². The minimum Gasteiger partial charge on any atom is -0.454 e. The lowest BCUT2D eigenvalue weighted by atomic mass is 9.97. The molecule has 2 aliphatic rings. The molecule has 1 saturated heterocycles. The molecule has 1 amide bonds. The summed E-state index contributed by atoms with van der Waals surface area (Å²) in [6, 6.07) is 13.5. The Hall–Kier alpha value is -3.68. The van der Waals surface area contributed by atoms with Gasteiger partial charge in [0, 0.05) is 37.6 Å². The van der Waals surface area contributed by atoms with Crippen molar-refractivity contribution in [2.75, 3.05) is 24.8 Å². The number of hydrogen-bond donors (Lipinski definition) is 1. The van der Waals surface area contributed by atoms with Gasteiger partial charge in [-0.3, -0.25) is 9.78 Å². The first-order chi connectivity index (χ1) is 15.3. The van der Waals surface area contributed by atoms with E-state index >= 15 is 0 Å². The summed E-state index contributed by atoms with van der Waals surface area (Å²) in [5.74, 6) is 2.24. The molecule has 3 aromatic rings. The molecule has 0 radical (unpaired) electrons. The van der Waals surface area contributed by atoms with Crippen molar-refractivity contribution in [3.63, 3.8) is 0 Å². The highest BCUT2D eigenvalue weighted by Gasteiger charge is 2.26. The van der Waals surface area contributed by atoms with Crippen LogP contribution in [0, 0.1) is 5.92 Å². The Labute approximate surface area is 180 Å². The first-order valence-corrected chi connectivity index (χ1v) is 10.4. The quantitative estimate of drug-likeness (QED) is 0.683. The number of piperidine rings is 1. The molecule has 1 aromatic carbocycles. The highest BCUT2D eigenvalue weighted by Crippen LogP contribution is 2.32. The summed E-state index contributed by atoms with van der Waals surface area (Å²) >= 11 is 0. The molecule has 0 aliphatic carbocycles. The Morgan fingerprint density at radius 1 is 1.13 bits per heavy atom. The number of pyridine rings is 1. The molecule has 1 fully saturated rings. The first kappa shape index (κ1) is 19.3. The van der Waals surface area contributed by atoms with Gasteiger partial charge in [-0.1, -0.05) is 6.07 Å². The molecule has 8 nitrogen and oxygen atoms in total. The van der Waals surface area contributed by atoms with Gasteiger partial charge in [0.05, 0.1) is 11.6 Å². The molecule has 31 heavy (non-hydrogen) atoms. The number of nitrogens with one attached hydrogen (secondary N) is 1. The van der Waals surface area contributed by atoms with Crippen molar-refractivity contribution in [1.82, 2.24) is 20.5 Å². The second-order valence-corrected chi connectivity index (χ2v) is 7.71. The third-order valence-corrected chi connectivity index (χ3v) is 5.63. The van der Waals surface area contributed by atoms with Crippen LogP contribution in [0.25, 0.3) is 11.3 Å². The average Bonchev–Trinajstić information content (AvgIpc) is 3.31. The van der Waals surface area contributed by atoms with Gasteiger partial charge in [-0.2, -0.15) is 0 Å². The van der Waals surface area contributed by atoms with Gasteiger partial charge in [-0.05, 0) is 54.8 Å². The number of rotatable bonds is 5. The minimum atomic E-state index is -0.0810. The fourth-order valence-corrected chi connectivity index (χ4v) is 3.95. The molecule has 0 spiro atoms. The first-order valence-electron chi connectivity index (χ1n) is 10.4. The minimum absolute atomic E-state index is 0.0577. The van der Waals surface area contributed by atoms with Gasteiger partial charge < -0.3 is 19.7 Å². The molecular weight excluding hydrogens is 394 g/mol. The predicted octanol–water partition coefficient (Wildman–Crippen LogP) is 2.80. The molecule has 0 saturated carbocycles. The van der Waals surface area contributed by atoms with Crippen LogP contribution in [0.4, 0.5) is 5.82 Å². The molecule has 1 unspecified atom stereocenters. The number of anilines is 1. The smallest absolute Gasteiger partial charge is 0.231 e. The third kappa shape index (κ3) is 4.28. The Kier molecular flexibility index (Phi) is 5.35. The van der Waals surface area contributed by atoms with Crippen LogP contribution in [-0.4, -0.2) is 41.0 Å². The van der Waals surface area contributed by atoms with Crippen LogP contribution < -0.4 is 19.7 Å². The van der Waals surface area contributed by atoms with Gasteiger partial charge in [-0.25, -0.2) is 0 Å². The third-order valence-electron chi connectivity index (χ3n) is 5.63. The van der Waals surface area contributed by atoms with Crippen LogP contribution in [-0.2, 0) is 11.3 Å². The largest absolute Gasteiger partial charge is 0.454 e. The lowest BCUT2D eigenvalue weighted by Crippen LogP contribution is -2.43. The van der Waals surface area contributed by atoms with E-state index in [1.165, 1.54) is 0 Å². The Bertz CT molecular complexity index is 1060. The number of benzene rings is 1. The van der Waals surface area contributed by atoms with E-state index in [0.717, 1.165) is 53.5 Å². The summed E-state index contributed by atoms with van der Waals surface area (Å²) in [7, 11) is 0. The number of hydrogen-bond acceptors (Lipinski definition) is 7. The van der Waals surface area contributed by atoms with Gasteiger partial charge in [0.15, 0.2) is 17.3 Å². The number of fused-ring (bicyclic) bond motifs is 1. The Morgan fingerprint density at radius 2 is 2.06 bits per heavy atom. The van der Waals surface area contributed by atoms with Crippen molar-refractivity contribution < 1.29 is 14.3 Å². The highest BCUT2D eigenvalue weighted by atomic mass is 16.7. The van der Waals surface area contributed by atoms with Crippen LogP contribution in [0.1, 0.15) is 18.4 Å². The normalized spacial score (nSPS) is 17.4. The maximum absolute atomic E-state index is 12.8. The van der Waals surface area contributed by atoms with Crippen molar-refractivity contribution in [1.29, 1.82) is 0 Å². The lowest BCUT2D eigenvalue weighted by molar-refractivity contribution is -0.125. The zero-order valence-electron chi connectivity index (χ0n) is 17.0. The maximum atomic E-state index is 12.8. The number of nitrogens with zero attached hydrogens (tertiary/aromatic N) is 4. The van der Waals surface area contributed by atoms with Crippen LogP contribution in [0.2, 0.25) is 0 Å². The van der Waals surface area contributed by atoms with Crippen molar-refractivity contribution in [3.8, 4) is 22.8 Å². The van der Waals surface area contributed by atoms with E-state index in [1.807, 2.05) is 42.5 Å². The van der Waals surface area contributed by atoms with E-state index in [9.17, 15) is 4.79 Å². The molecule has 0 bridgehead atoms. The van der Waals surface area contributed by atoms with E-state index in [1.54, 1.807) is 12.4 Å². The topological polar surface area (TPSA) is 89.5 Å².